The highest BCUT2D eigenvalue weighted by Crippen LogP contribution is 2.28. The van der Waals surface area contributed by atoms with E-state index in [-0.39, 0.29) is 6.54 Å². The Hall–Kier alpha value is -1.40. The standard InChI is InChI=1S/C15H21NO4S/c1-10-7-11(2)14(12(3)8-10)21(19,20)16-6-4-5-13(9-16)15(17)18/h7-8,13H,4-6,9H2,1-3H3,(H,17,18)/p-1/t13-/m1/s1. The van der Waals surface area contributed by atoms with Crippen molar-refractivity contribution in [3.63, 3.8) is 0 Å². The van der Waals surface area contributed by atoms with Crippen molar-refractivity contribution < 1.29 is 18.3 Å². The fourth-order valence-electron chi connectivity index (χ4n) is 3.06. The van der Waals surface area contributed by atoms with Crippen LogP contribution in [0.25, 0.3) is 0 Å². The van der Waals surface area contributed by atoms with Crippen LogP contribution in [0.4, 0.5) is 0 Å². The fraction of sp³-hybridized carbons (Fsp3) is 0.533. The molecule has 1 heterocycles. The molecule has 5 nitrogen and oxygen atoms in total. The average Bonchev–Trinajstić information content (AvgIpc) is 2.37. The monoisotopic (exact) mass is 310 g/mol. The van der Waals surface area contributed by atoms with Crippen LogP contribution in [0.15, 0.2) is 17.0 Å². The van der Waals surface area contributed by atoms with E-state index in [4.69, 9.17) is 0 Å². The van der Waals surface area contributed by atoms with Gasteiger partial charge in [0.05, 0.1) is 4.90 Å². The Bertz CT molecular complexity index is 643. The zero-order chi connectivity index (χ0) is 15.8. The minimum absolute atomic E-state index is 0.00256. The molecule has 1 fully saturated rings. The Kier molecular flexibility index (Phi) is 4.39. The molecule has 1 aliphatic heterocycles. The van der Waals surface area contributed by atoms with Crippen LogP contribution in [-0.2, 0) is 14.8 Å². The van der Waals surface area contributed by atoms with Gasteiger partial charge in [0, 0.05) is 25.0 Å². The number of hydrogen-bond donors (Lipinski definition) is 0. The summed E-state index contributed by atoms with van der Waals surface area (Å²) in [6, 6.07) is 3.67. The summed E-state index contributed by atoms with van der Waals surface area (Å²) >= 11 is 0. The molecule has 1 atom stereocenters. The van der Waals surface area contributed by atoms with Crippen LogP contribution < -0.4 is 5.11 Å². The minimum Gasteiger partial charge on any atom is -0.550 e. The summed E-state index contributed by atoms with van der Waals surface area (Å²) in [4.78, 5) is 11.3. The first kappa shape index (κ1) is 16.0. The Balaban J connectivity index is 2.41. The highest BCUT2D eigenvalue weighted by atomic mass is 32.2. The van der Waals surface area contributed by atoms with Gasteiger partial charge in [-0.3, -0.25) is 0 Å². The van der Waals surface area contributed by atoms with Gasteiger partial charge in [0.25, 0.3) is 0 Å². The number of nitrogens with zero attached hydrogens (tertiary/aromatic N) is 1. The normalized spacial score (nSPS) is 20.4. The number of rotatable bonds is 3. The second-order valence-electron chi connectivity index (χ2n) is 5.75. The van der Waals surface area contributed by atoms with Gasteiger partial charge in [-0.15, -0.1) is 0 Å². The van der Waals surface area contributed by atoms with E-state index in [0.29, 0.717) is 35.4 Å². The van der Waals surface area contributed by atoms with Gasteiger partial charge in [-0.05, 0) is 44.7 Å². The van der Waals surface area contributed by atoms with Gasteiger partial charge in [0.1, 0.15) is 0 Å². The van der Waals surface area contributed by atoms with Crippen LogP contribution in [0, 0.1) is 26.7 Å². The van der Waals surface area contributed by atoms with Crippen LogP contribution in [0.2, 0.25) is 0 Å². The first-order valence-corrected chi connectivity index (χ1v) is 8.46. The third kappa shape index (κ3) is 3.11. The van der Waals surface area contributed by atoms with Crippen molar-refractivity contribution in [1.82, 2.24) is 4.31 Å². The molecule has 0 aliphatic carbocycles. The van der Waals surface area contributed by atoms with E-state index in [2.05, 4.69) is 0 Å². The van der Waals surface area contributed by atoms with Crippen molar-refractivity contribution in [2.24, 2.45) is 5.92 Å². The molecule has 6 heteroatoms. The van der Waals surface area contributed by atoms with Gasteiger partial charge in [0.2, 0.25) is 10.0 Å². The Morgan fingerprint density at radius 3 is 2.33 bits per heavy atom. The maximum Gasteiger partial charge on any atom is 0.243 e. The zero-order valence-electron chi connectivity index (χ0n) is 12.5. The van der Waals surface area contributed by atoms with E-state index in [1.165, 1.54) is 4.31 Å². The Morgan fingerprint density at radius 1 is 1.24 bits per heavy atom. The molecular formula is C15H20NO4S-. The summed E-state index contributed by atoms with van der Waals surface area (Å²) < 4.78 is 26.9. The average molecular weight is 310 g/mol. The number of hydrogen-bond acceptors (Lipinski definition) is 4. The summed E-state index contributed by atoms with van der Waals surface area (Å²) in [5, 5.41) is 11.0. The number of aliphatic carboxylic acids is 1. The zero-order valence-corrected chi connectivity index (χ0v) is 13.4. The quantitative estimate of drug-likeness (QED) is 0.826. The molecule has 1 aromatic carbocycles. The number of sulfonamides is 1. The molecule has 0 aromatic heterocycles. The molecular weight excluding hydrogens is 290 g/mol. The maximum atomic E-state index is 12.8. The van der Waals surface area contributed by atoms with Crippen molar-refractivity contribution in [2.45, 2.75) is 38.5 Å². The molecule has 116 valence electrons. The summed E-state index contributed by atoms with van der Waals surface area (Å²) in [7, 11) is -3.66. The number of carboxylic acid groups (broad SMARTS) is 1. The number of carbonyl (C=O) groups is 1. The van der Waals surface area contributed by atoms with Crippen LogP contribution in [-0.4, -0.2) is 31.8 Å². The fourth-order valence-corrected chi connectivity index (χ4v) is 4.99. The molecule has 0 unspecified atom stereocenters. The van der Waals surface area contributed by atoms with Crippen LogP contribution >= 0.6 is 0 Å². The third-order valence-electron chi connectivity index (χ3n) is 3.92. The van der Waals surface area contributed by atoms with E-state index < -0.39 is 21.9 Å². The lowest BCUT2D eigenvalue weighted by Gasteiger charge is -2.33. The smallest absolute Gasteiger partial charge is 0.243 e. The lowest BCUT2D eigenvalue weighted by atomic mass is 10.0. The Labute approximate surface area is 125 Å². The molecule has 0 spiro atoms. The molecule has 1 aliphatic rings. The lowest BCUT2D eigenvalue weighted by Crippen LogP contribution is -2.46. The van der Waals surface area contributed by atoms with Gasteiger partial charge in [0.15, 0.2) is 0 Å². The molecule has 0 saturated carbocycles. The van der Waals surface area contributed by atoms with Gasteiger partial charge in [-0.2, -0.15) is 4.31 Å². The number of aryl methyl sites for hydroxylation is 3. The van der Waals surface area contributed by atoms with E-state index >= 15 is 0 Å². The lowest BCUT2D eigenvalue weighted by molar-refractivity contribution is -0.312. The van der Waals surface area contributed by atoms with Crippen molar-refractivity contribution in [1.29, 1.82) is 0 Å². The number of benzene rings is 1. The number of carbonyl (C=O) groups excluding carboxylic acids is 1. The molecule has 0 bridgehead atoms. The first-order valence-electron chi connectivity index (χ1n) is 7.02. The van der Waals surface area contributed by atoms with Crippen LogP contribution in [0.1, 0.15) is 29.5 Å². The van der Waals surface area contributed by atoms with Gasteiger partial charge >= 0.3 is 0 Å². The van der Waals surface area contributed by atoms with E-state index in [1.807, 2.05) is 19.1 Å². The van der Waals surface area contributed by atoms with E-state index in [1.54, 1.807) is 13.8 Å². The molecule has 2 rings (SSSR count). The number of piperidine rings is 1. The highest BCUT2D eigenvalue weighted by Gasteiger charge is 2.32. The maximum absolute atomic E-state index is 12.8. The van der Waals surface area contributed by atoms with Crippen molar-refractivity contribution >= 4 is 16.0 Å². The SMILES string of the molecule is Cc1cc(C)c(S(=O)(=O)N2CCC[C@@H](C(=O)[O-])C2)c(C)c1. The summed E-state index contributed by atoms with van der Waals surface area (Å²) in [5.41, 5.74) is 2.40. The van der Waals surface area contributed by atoms with Crippen molar-refractivity contribution in [3.05, 3.63) is 28.8 Å². The summed E-state index contributed by atoms with van der Waals surface area (Å²) in [6.07, 6.45) is 1.02. The van der Waals surface area contributed by atoms with E-state index in [9.17, 15) is 18.3 Å². The molecule has 1 saturated heterocycles. The molecule has 0 N–H and O–H groups in total. The molecule has 0 radical (unpaired) electrons. The predicted molar refractivity (Wildman–Crippen MR) is 77.1 cm³/mol. The van der Waals surface area contributed by atoms with Crippen molar-refractivity contribution in [3.8, 4) is 0 Å². The van der Waals surface area contributed by atoms with Crippen LogP contribution in [0.5, 0.6) is 0 Å². The molecule has 1 aromatic rings. The first-order chi connectivity index (χ1) is 9.73. The number of carboxylic acids is 1. The topological polar surface area (TPSA) is 77.5 Å². The largest absolute Gasteiger partial charge is 0.550 e. The Morgan fingerprint density at radius 2 is 1.81 bits per heavy atom. The van der Waals surface area contributed by atoms with Gasteiger partial charge in [-0.25, -0.2) is 8.42 Å². The highest BCUT2D eigenvalue weighted by molar-refractivity contribution is 7.89. The minimum atomic E-state index is -3.66. The third-order valence-corrected chi connectivity index (χ3v) is 6.09. The predicted octanol–water partition coefficient (Wildman–Crippen LogP) is 0.762. The second-order valence-corrected chi connectivity index (χ2v) is 7.62. The summed E-state index contributed by atoms with van der Waals surface area (Å²) in [5.74, 6) is -1.90. The van der Waals surface area contributed by atoms with Crippen molar-refractivity contribution in [2.75, 3.05) is 13.1 Å². The van der Waals surface area contributed by atoms with E-state index in [0.717, 1.165) is 5.56 Å². The van der Waals surface area contributed by atoms with Gasteiger partial charge in [-0.1, -0.05) is 17.7 Å². The van der Waals surface area contributed by atoms with Gasteiger partial charge < -0.3 is 9.90 Å². The second kappa shape index (κ2) is 5.77. The molecule has 21 heavy (non-hydrogen) atoms. The summed E-state index contributed by atoms with van der Waals surface area (Å²) in [6.45, 7) is 5.82. The molecule has 0 amide bonds. The van der Waals surface area contributed by atoms with Crippen LogP contribution in [0.3, 0.4) is 0 Å².